The Morgan fingerprint density at radius 1 is 1.21 bits per heavy atom. The average Bonchev–Trinajstić information content (AvgIpc) is 2.81. The zero-order valence-corrected chi connectivity index (χ0v) is 19.4. The van der Waals surface area contributed by atoms with Crippen molar-refractivity contribution in [2.45, 2.75) is 19.8 Å². The molecule has 0 bridgehead atoms. The number of benzene rings is 2. The molecule has 1 aliphatic heterocycles. The Hall–Kier alpha value is -3.76. The fourth-order valence-corrected chi connectivity index (χ4v) is 4.44. The molecule has 1 atom stereocenters. The van der Waals surface area contributed by atoms with Gasteiger partial charge in [-0.15, -0.1) is 0 Å². The number of hydrogen-bond donors (Lipinski definition) is 2. The number of esters is 1. The lowest BCUT2D eigenvalue weighted by Gasteiger charge is -2.29. The molecule has 0 spiro atoms. The minimum absolute atomic E-state index is 0.0729. The maximum atomic E-state index is 12.8. The van der Waals surface area contributed by atoms with Crippen LogP contribution in [0.1, 0.15) is 24.0 Å². The van der Waals surface area contributed by atoms with Crippen LogP contribution < -0.4 is 10.6 Å². The van der Waals surface area contributed by atoms with Crippen molar-refractivity contribution >= 4 is 29.3 Å². The maximum Gasteiger partial charge on any atom is 0.337 e. The number of rotatable bonds is 8. The fraction of sp³-hybridized carbons (Fsp3) is 0.192. The van der Waals surface area contributed by atoms with Gasteiger partial charge in [0.05, 0.1) is 33.9 Å². The van der Waals surface area contributed by atoms with Crippen LogP contribution in [0.3, 0.4) is 0 Å². The lowest BCUT2D eigenvalue weighted by molar-refractivity contribution is -0.138. The second-order valence-electron chi connectivity index (χ2n) is 7.46. The second-order valence-corrected chi connectivity index (χ2v) is 8.44. The molecule has 33 heavy (non-hydrogen) atoms. The molecule has 0 fully saturated rings. The van der Waals surface area contributed by atoms with E-state index in [1.165, 1.54) is 17.8 Å². The van der Waals surface area contributed by atoms with Gasteiger partial charge in [-0.1, -0.05) is 66.9 Å². The van der Waals surface area contributed by atoms with E-state index in [1.54, 1.807) is 6.92 Å². The minimum Gasteiger partial charge on any atom is -0.458 e. The zero-order valence-electron chi connectivity index (χ0n) is 18.6. The van der Waals surface area contributed by atoms with Crippen molar-refractivity contribution < 1.29 is 14.3 Å². The molecule has 0 aliphatic carbocycles. The summed E-state index contributed by atoms with van der Waals surface area (Å²) in [5.41, 5.74) is 3.88. The molecule has 2 aromatic rings. The Labute approximate surface area is 198 Å². The lowest BCUT2D eigenvalue weighted by atomic mass is 9.82. The largest absolute Gasteiger partial charge is 0.458 e. The summed E-state index contributed by atoms with van der Waals surface area (Å²) in [7, 11) is 0. The third kappa shape index (κ3) is 5.93. The van der Waals surface area contributed by atoms with Crippen LogP contribution in [0.15, 0.2) is 89.1 Å². The zero-order chi connectivity index (χ0) is 23.8. The van der Waals surface area contributed by atoms with E-state index in [0.29, 0.717) is 21.9 Å². The highest BCUT2D eigenvalue weighted by Gasteiger charge is 2.35. The standard InChI is InChI=1S/C26H25N3O3S/c1-4-13-32-26(31)23-18(3)28-25(21(15-27)24(23)19-10-6-5-7-11-19)33-16-22(30)29-20-12-8-9-17(2)14-20/h4-12,14,24,28H,1,13,16H2,2-3H3,(H,29,30)/t24-/m1/s1. The van der Waals surface area contributed by atoms with E-state index in [9.17, 15) is 14.9 Å². The van der Waals surface area contributed by atoms with Gasteiger partial charge >= 0.3 is 5.97 Å². The van der Waals surface area contributed by atoms with Gasteiger partial charge in [-0.2, -0.15) is 5.26 Å². The van der Waals surface area contributed by atoms with Crippen molar-refractivity contribution in [1.29, 1.82) is 5.26 Å². The van der Waals surface area contributed by atoms with Crippen molar-refractivity contribution in [3.63, 3.8) is 0 Å². The molecule has 3 rings (SSSR count). The van der Waals surface area contributed by atoms with E-state index in [4.69, 9.17) is 4.74 Å². The van der Waals surface area contributed by atoms with Crippen LogP contribution in [-0.2, 0) is 14.3 Å². The van der Waals surface area contributed by atoms with E-state index >= 15 is 0 Å². The molecule has 1 aliphatic rings. The molecule has 2 aromatic carbocycles. The summed E-state index contributed by atoms with van der Waals surface area (Å²) in [5.74, 6) is -1.20. The van der Waals surface area contributed by atoms with Gasteiger partial charge in [0.25, 0.3) is 0 Å². The first kappa shape index (κ1) is 23.9. The molecule has 0 aromatic heterocycles. The summed E-state index contributed by atoms with van der Waals surface area (Å²) in [6.45, 7) is 7.37. The third-order valence-corrected chi connectivity index (χ3v) is 6.00. The molecule has 6 nitrogen and oxygen atoms in total. The second kappa shape index (κ2) is 11.2. The van der Waals surface area contributed by atoms with Crippen LogP contribution >= 0.6 is 11.8 Å². The highest BCUT2D eigenvalue weighted by molar-refractivity contribution is 8.03. The predicted molar refractivity (Wildman–Crippen MR) is 131 cm³/mol. The predicted octanol–water partition coefficient (Wildman–Crippen LogP) is 4.79. The third-order valence-electron chi connectivity index (χ3n) is 4.98. The highest BCUT2D eigenvalue weighted by Crippen LogP contribution is 2.40. The van der Waals surface area contributed by atoms with Crippen molar-refractivity contribution in [1.82, 2.24) is 5.32 Å². The van der Waals surface area contributed by atoms with Crippen molar-refractivity contribution in [2.24, 2.45) is 0 Å². The van der Waals surface area contributed by atoms with E-state index in [0.717, 1.165) is 16.8 Å². The van der Waals surface area contributed by atoms with E-state index in [2.05, 4.69) is 23.3 Å². The van der Waals surface area contributed by atoms with Gasteiger partial charge in [-0.05, 0) is 37.1 Å². The first-order valence-electron chi connectivity index (χ1n) is 10.4. The summed E-state index contributed by atoms with van der Waals surface area (Å²) in [6, 6.07) is 19.1. The van der Waals surface area contributed by atoms with Crippen molar-refractivity contribution in [3.05, 3.63) is 100 Å². The van der Waals surface area contributed by atoms with E-state index in [-0.39, 0.29) is 18.3 Å². The number of dihydropyridines is 1. The van der Waals surface area contributed by atoms with Gasteiger partial charge in [0.1, 0.15) is 6.61 Å². The number of anilines is 1. The van der Waals surface area contributed by atoms with Gasteiger partial charge in [-0.3, -0.25) is 4.79 Å². The Bertz CT molecular complexity index is 1160. The molecular weight excluding hydrogens is 434 g/mol. The number of thioether (sulfide) groups is 1. The van der Waals surface area contributed by atoms with Crippen LogP contribution in [0, 0.1) is 18.3 Å². The van der Waals surface area contributed by atoms with Crippen LogP contribution in [-0.4, -0.2) is 24.2 Å². The smallest absolute Gasteiger partial charge is 0.337 e. The number of hydrogen-bond acceptors (Lipinski definition) is 6. The molecule has 2 N–H and O–H groups in total. The van der Waals surface area contributed by atoms with Gasteiger partial charge in [0.2, 0.25) is 5.91 Å². The number of amides is 1. The number of nitrogens with one attached hydrogen (secondary N) is 2. The van der Waals surface area contributed by atoms with Crippen LogP contribution in [0.4, 0.5) is 5.69 Å². The summed E-state index contributed by atoms with van der Waals surface area (Å²) in [6.07, 6.45) is 1.50. The van der Waals surface area contributed by atoms with Gasteiger partial charge < -0.3 is 15.4 Å². The molecule has 0 saturated carbocycles. The van der Waals surface area contributed by atoms with Crippen LogP contribution in [0.2, 0.25) is 0 Å². The first-order chi connectivity index (χ1) is 15.9. The average molecular weight is 460 g/mol. The van der Waals surface area contributed by atoms with E-state index in [1.807, 2.05) is 61.5 Å². The number of ether oxygens (including phenoxy) is 1. The lowest BCUT2D eigenvalue weighted by Crippen LogP contribution is -2.29. The topological polar surface area (TPSA) is 91.2 Å². The van der Waals surface area contributed by atoms with Gasteiger partial charge in [0.15, 0.2) is 0 Å². The number of carbonyl (C=O) groups excluding carboxylic acids is 2. The number of carbonyl (C=O) groups is 2. The molecule has 0 unspecified atom stereocenters. The quantitative estimate of drug-likeness (QED) is 0.436. The number of aryl methyl sites for hydroxylation is 1. The summed E-state index contributed by atoms with van der Waals surface area (Å²) < 4.78 is 5.30. The summed E-state index contributed by atoms with van der Waals surface area (Å²) in [5, 5.41) is 16.6. The highest BCUT2D eigenvalue weighted by atomic mass is 32.2. The Morgan fingerprint density at radius 2 is 1.97 bits per heavy atom. The van der Waals surface area contributed by atoms with Gasteiger partial charge in [-0.25, -0.2) is 4.79 Å². The molecule has 0 radical (unpaired) electrons. The fourth-order valence-electron chi connectivity index (χ4n) is 3.55. The van der Waals surface area contributed by atoms with Crippen LogP contribution in [0.5, 0.6) is 0 Å². The number of nitrogens with zero attached hydrogens (tertiary/aromatic N) is 1. The molecule has 1 amide bonds. The molecule has 168 valence electrons. The maximum absolute atomic E-state index is 12.8. The first-order valence-corrected chi connectivity index (χ1v) is 11.4. The number of nitriles is 1. The Morgan fingerprint density at radius 3 is 2.64 bits per heavy atom. The summed E-state index contributed by atoms with van der Waals surface area (Å²) >= 11 is 1.23. The Kier molecular flexibility index (Phi) is 8.11. The van der Waals surface area contributed by atoms with E-state index < -0.39 is 11.9 Å². The molecule has 1 heterocycles. The molecule has 0 saturated heterocycles. The van der Waals surface area contributed by atoms with Crippen LogP contribution in [0.25, 0.3) is 0 Å². The van der Waals surface area contributed by atoms with Gasteiger partial charge in [0, 0.05) is 11.4 Å². The molecular formula is C26H25N3O3S. The Balaban J connectivity index is 1.87. The summed E-state index contributed by atoms with van der Waals surface area (Å²) in [4.78, 5) is 25.4. The minimum atomic E-state index is -0.600. The molecule has 7 heteroatoms. The SMILES string of the molecule is C=CCOC(=O)C1=C(C)NC(SCC(=O)Nc2cccc(C)c2)=C(C#N)[C@H]1c1ccccc1. The van der Waals surface area contributed by atoms with Crippen molar-refractivity contribution in [2.75, 3.05) is 17.7 Å². The van der Waals surface area contributed by atoms with Crippen molar-refractivity contribution in [3.8, 4) is 6.07 Å². The number of allylic oxidation sites excluding steroid dienone is 2. The normalized spacial score (nSPS) is 15.4. The monoisotopic (exact) mass is 459 g/mol.